The molecular weight excluding hydrogens is 222 g/mol. The van der Waals surface area contributed by atoms with Crippen LogP contribution in [0.3, 0.4) is 0 Å². The molecule has 1 aromatic rings. The SMILES string of the molecule is CC(C)N1CCC(Cc2cc(Cl)cnn2)C1. The highest BCUT2D eigenvalue weighted by atomic mass is 35.5. The van der Waals surface area contributed by atoms with E-state index in [2.05, 4.69) is 28.9 Å². The third-order valence-electron chi connectivity index (χ3n) is 3.22. The molecule has 0 N–H and O–H groups in total. The third-order valence-corrected chi connectivity index (χ3v) is 3.42. The maximum absolute atomic E-state index is 5.90. The first-order chi connectivity index (χ1) is 7.65. The first kappa shape index (κ1) is 11.8. The maximum Gasteiger partial charge on any atom is 0.0682 e. The van der Waals surface area contributed by atoms with Gasteiger partial charge >= 0.3 is 0 Å². The van der Waals surface area contributed by atoms with Gasteiger partial charge in [-0.1, -0.05) is 11.6 Å². The van der Waals surface area contributed by atoms with Crippen molar-refractivity contribution in [2.24, 2.45) is 5.92 Å². The Balaban J connectivity index is 1.92. The summed E-state index contributed by atoms with van der Waals surface area (Å²) in [6, 6.07) is 2.57. The van der Waals surface area contributed by atoms with Crippen LogP contribution in [-0.2, 0) is 6.42 Å². The first-order valence-corrected chi connectivity index (χ1v) is 6.24. The Kier molecular flexibility index (Phi) is 3.77. The topological polar surface area (TPSA) is 29.0 Å². The van der Waals surface area contributed by atoms with E-state index >= 15 is 0 Å². The molecule has 16 heavy (non-hydrogen) atoms. The van der Waals surface area contributed by atoms with Crippen molar-refractivity contribution in [1.82, 2.24) is 15.1 Å². The molecule has 1 aromatic heterocycles. The number of nitrogens with zero attached hydrogens (tertiary/aromatic N) is 3. The highest BCUT2D eigenvalue weighted by molar-refractivity contribution is 6.30. The van der Waals surface area contributed by atoms with Crippen LogP contribution in [0.2, 0.25) is 5.02 Å². The van der Waals surface area contributed by atoms with Crippen molar-refractivity contribution in [3.05, 3.63) is 23.0 Å². The minimum absolute atomic E-state index is 0.649. The third kappa shape index (κ3) is 2.92. The van der Waals surface area contributed by atoms with E-state index in [1.165, 1.54) is 19.5 Å². The molecule has 1 saturated heterocycles. The van der Waals surface area contributed by atoms with Crippen LogP contribution in [0.25, 0.3) is 0 Å². The molecule has 3 nitrogen and oxygen atoms in total. The van der Waals surface area contributed by atoms with Gasteiger partial charge in [-0.2, -0.15) is 10.2 Å². The standard InChI is InChI=1S/C12H18ClN3/c1-9(2)16-4-3-10(8-16)5-12-6-11(13)7-14-15-12/h6-7,9-10H,3-5,8H2,1-2H3. The molecule has 0 amide bonds. The van der Waals surface area contributed by atoms with Crippen LogP contribution >= 0.6 is 11.6 Å². The molecule has 4 heteroatoms. The molecule has 0 aromatic carbocycles. The van der Waals surface area contributed by atoms with Crippen LogP contribution < -0.4 is 0 Å². The van der Waals surface area contributed by atoms with E-state index in [1.54, 1.807) is 6.20 Å². The van der Waals surface area contributed by atoms with E-state index in [4.69, 9.17) is 11.6 Å². The van der Waals surface area contributed by atoms with Crippen LogP contribution in [0.5, 0.6) is 0 Å². The van der Waals surface area contributed by atoms with Crippen LogP contribution in [0, 0.1) is 5.92 Å². The highest BCUT2D eigenvalue weighted by Crippen LogP contribution is 2.22. The Hall–Kier alpha value is -0.670. The Morgan fingerprint density at radius 1 is 1.56 bits per heavy atom. The fraction of sp³-hybridized carbons (Fsp3) is 0.667. The van der Waals surface area contributed by atoms with E-state index in [0.717, 1.165) is 12.1 Å². The molecule has 1 atom stereocenters. The van der Waals surface area contributed by atoms with E-state index in [1.807, 2.05) is 6.07 Å². The van der Waals surface area contributed by atoms with Crippen LogP contribution in [-0.4, -0.2) is 34.2 Å². The lowest BCUT2D eigenvalue weighted by Gasteiger charge is -2.20. The van der Waals surface area contributed by atoms with Gasteiger partial charge in [0.1, 0.15) is 0 Å². The Labute approximate surface area is 102 Å². The molecule has 0 aliphatic carbocycles. The Bertz CT molecular complexity index is 354. The average molecular weight is 240 g/mol. The van der Waals surface area contributed by atoms with Crippen LogP contribution in [0.15, 0.2) is 12.3 Å². The van der Waals surface area contributed by atoms with Crippen LogP contribution in [0.1, 0.15) is 26.0 Å². The molecule has 88 valence electrons. The second-order valence-corrected chi connectivity index (χ2v) is 5.25. The molecular formula is C12H18ClN3. The second-order valence-electron chi connectivity index (χ2n) is 4.81. The fourth-order valence-electron chi connectivity index (χ4n) is 2.28. The molecule has 1 unspecified atom stereocenters. The summed E-state index contributed by atoms with van der Waals surface area (Å²) in [6.07, 6.45) is 3.84. The minimum atomic E-state index is 0.649. The summed E-state index contributed by atoms with van der Waals surface area (Å²) in [4.78, 5) is 2.52. The number of hydrogen-bond donors (Lipinski definition) is 0. The van der Waals surface area contributed by atoms with Crippen molar-refractivity contribution in [2.75, 3.05) is 13.1 Å². The zero-order valence-electron chi connectivity index (χ0n) is 9.86. The Morgan fingerprint density at radius 2 is 2.38 bits per heavy atom. The number of aromatic nitrogens is 2. The van der Waals surface area contributed by atoms with E-state index in [0.29, 0.717) is 17.0 Å². The van der Waals surface area contributed by atoms with Crippen molar-refractivity contribution in [3.8, 4) is 0 Å². The van der Waals surface area contributed by atoms with Gasteiger partial charge < -0.3 is 4.90 Å². The fourth-order valence-corrected chi connectivity index (χ4v) is 2.45. The van der Waals surface area contributed by atoms with Gasteiger partial charge in [-0.3, -0.25) is 0 Å². The molecule has 0 spiro atoms. The molecule has 0 bridgehead atoms. The lowest BCUT2D eigenvalue weighted by Crippen LogP contribution is -2.28. The number of likely N-dealkylation sites (tertiary alicyclic amines) is 1. The largest absolute Gasteiger partial charge is 0.301 e. The van der Waals surface area contributed by atoms with Crippen LogP contribution in [0.4, 0.5) is 0 Å². The van der Waals surface area contributed by atoms with Gasteiger partial charge in [0.15, 0.2) is 0 Å². The summed E-state index contributed by atoms with van der Waals surface area (Å²) in [6.45, 7) is 6.88. The quantitative estimate of drug-likeness (QED) is 0.811. The van der Waals surface area contributed by atoms with Gasteiger partial charge in [-0.25, -0.2) is 0 Å². The van der Waals surface area contributed by atoms with Gasteiger partial charge in [0.25, 0.3) is 0 Å². The minimum Gasteiger partial charge on any atom is -0.301 e. The molecule has 1 aliphatic heterocycles. The van der Waals surface area contributed by atoms with E-state index < -0.39 is 0 Å². The van der Waals surface area contributed by atoms with Gasteiger partial charge in [0.2, 0.25) is 0 Å². The Morgan fingerprint density at radius 3 is 3.00 bits per heavy atom. The van der Waals surface area contributed by atoms with Crippen molar-refractivity contribution in [3.63, 3.8) is 0 Å². The lowest BCUT2D eigenvalue weighted by molar-refractivity contribution is 0.264. The molecule has 2 rings (SSSR count). The molecule has 0 radical (unpaired) electrons. The van der Waals surface area contributed by atoms with E-state index in [-0.39, 0.29) is 0 Å². The zero-order valence-corrected chi connectivity index (χ0v) is 10.6. The van der Waals surface area contributed by atoms with Gasteiger partial charge in [0.05, 0.1) is 16.9 Å². The summed E-state index contributed by atoms with van der Waals surface area (Å²) < 4.78 is 0. The molecule has 0 saturated carbocycles. The van der Waals surface area contributed by atoms with E-state index in [9.17, 15) is 0 Å². The molecule has 1 fully saturated rings. The summed E-state index contributed by atoms with van der Waals surface area (Å²) in [5, 5.41) is 8.69. The van der Waals surface area contributed by atoms with Crippen molar-refractivity contribution >= 4 is 11.6 Å². The summed E-state index contributed by atoms with van der Waals surface area (Å²) in [7, 11) is 0. The number of hydrogen-bond acceptors (Lipinski definition) is 3. The van der Waals surface area contributed by atoms with Crippen molar-refractivity contribution in [1.29, 1.82) is 0 Å². The molecule has 1 aliphatic rings. The number of halogens is 1. The summed E-state index contributed by atoms with van der Waals surface area (Å²) in [5.74, 6) is 0.704. The summed E-state index contributed by atoms with van der Waals surface area (Å²) in [5.41, 5.74) is 1.02. The highest BCUT2D eigenvalue weighted by Gasteiger charge is 2.24. The summed E-state index contributed by atoms with van der Waals surface area (Å²) >= 11 is 5.90. The second kappa shape index (κ2) is 5.11. The molecule has 2 heterocycles. The average Bonchev–Trinajstić information content (AvgIpc) is 2.66. The van der Waals surface area contributed by atoms with Gasteiger partial charge in [-0.05, 0) is 45.2 Å². The monoisotopic (exact) mass is 239 g/mol. The van der Waals surface area contributed by atoms with Gasteiger partial charge in [0, 0.05) is 12.6 Å². The predicted octanol–water partition coefficient (Wildman–Crippen LogP) is 2.40. The van der Waals surface area contributed by atoms with Gasteiger partial charge in [-0.15, -0.1) is 0 Å². The van der Waals surface area contributed by atoms with Crippen molar-refractivity contribution < 1.29 is 0 Å². The maximum atomic E-state index is 5.90. The number of rotatable bonds is 3. The first-order valence-electron chi connectivity index (χ1n) is 5.86. The smallest absolute Gasteiger partial charge is 0.0682 e. The van der Waals surface area contributed by atoms with Crippen molar-refractivity contribution in [2.45, 2.75) is 32.7 Å². The zero-order chi connectivity index (χ0) is 11.5. The lowest BCUT2D eigenvalue weighted by atomic mass is 10.0. The normalized spacial score (nSPS) is 21.9. The predicted molar refractivity (Wildman–Crippen MR) is 65.6 cm³/mol.